The Morgan fingerprint density at radius 2 is 1.93 bits per heavy atom. The van der Waals surface area contributed by atoms with Crippen LogP contribution in [0, 0.1) is 5.92 Å². The minimum atomic E-state index is -0.0647. The minimum Gasteiger partial charge on any atom is -0.374 e. The van der Waals surface area contributed by atoms with Crippen molar-refractivity contribution in [1.82, 2.24) is 5.43 Å². The van der Waals surface area contributed by atoms with E-state index in [9.17, 15) is 0 Å². The average Bonchev–Trinajstić information content (AvgIpc) is 2.63. The van der Waals surface area contributed by atoms with Crippen molar-refractivity contribution in [3.63, 3.8) is 0 Å². The minimum absolute atomic E-state index is 0.0647. The van der Waals surface area contributed by atoms with E-state index in [1.165, 1.54) is 25.7 Å². The van der Waals surface area contributed by atoms with Crippen LogP contribution < -0.4 is 11.3 Å². The summed E-state index contributed by atoms with van der Waals surface area (Å²) in [6, 6.07) is 0.312. The second-order valence-corrected chi connectivity index (χ2v) is 5.67. The highest BCUT2D eigenvalue weighted by Gasteiger charge is 2.21. The fourth-order valence-electron chi connectivity index (χ4n) is 2.18. The van der Waals surface area contributed by atoms with Gasteiger partial charge in [-0.1, -0.05) is 25.7 Å². The molecule has 1 unspecified atom stereocenters. The zero-order valence-electron chi connectivity index (χ0n) is 10.4. The highest BCUT2D eigenvalue weighted by molar-refractivity contribution is 4.75. The van der Waals surface area contributed by atoms with Gasteiger partial charge in [-0.15, -0.1) is 0 Å². The molecule has 3 N–H and O–H groups in total. The second kappa shape index (κ2) is 5.83. The Bertz CT molecular complexity index is 171. The Labute approximate surface area is 93.7 Å². The number of nitrogens with two attached hydrogens (primary N) is 1. The summed E-state index contributed by atoms with van der Waals surface area (Å²) in [6.07, 6.45) is 6.68. The molecule has 0 spiro atoms. The van der Waals surface area contributed by atoms with Gasteiger partial charge in [0.15, 0.2) is 0 Å². The van der Waals surface area contributed by atoms with Gasteiger partial charge in [-0.3, -0.25) is 11.3 Å². The topological polar surface area (TPSA) is 47.3 Å². The van der Waals surface area contributed by atoms with Gasteiger partial charge >= 0.3 is 0 Å². The van der Waals surface area contributed by atoms with E-state index in [2.05, 4.69) is 26.2 Å². The number of rotatable bonds is 5. The maximum atomic E-state index is 5.75. The van der Waals surface area contributed by atoms with Gasteiger partial charge in [0, 0.05) is 6.04 Å². The van der Waals surface area contributed by atoms with E-state index in [0.29, 0.717) is 6.04 Å². The molecule has 1 atom stereocenters. The average molecular weight is 214 g/mol. The van der Waals surface area contributed by atoms with E-state index in [4.69, 9.17) is 10.6 Å². The van der Waals surface area contributed by atoms with Crippen LogP contribution in [0.25, 0.3) is 0 Å². The van der Waals surface area contributed by atoms with Gasteiger partial charge in [-0.25, -0.2) is 0 Å². The molecule has 3 heteroatoms. The zero-order chi connectivity index (χ0) is 11.3. The zero-order valence-corrected chi connectivity index (χ0v) is 10.4. The van der Waals surface area contributed by atoms with Crippen molar-refractivity contribution >= 4 is 0 Å². The standard InChI is InChI=1S/C12H26N2O/c1-12(2,3)15-9-11(14-13)8-10-6-4-5-7-10/h10-11,14H,4-9,13H2,1-3H3. The molecule has 0 amide bonds. The van der Waals surface area contributed by atoms with Crippen LogP contribution in [0.15, 0.2) is 0 Å². The second-order valence-electron chi connectivity index (χ2n) is 5.67. The summed E-state index contributed by atoms with van der Waals surface area (Å²) < 4.78 is 5.75. The first-order valence-corrected chi connectivity index (χ1v) is 6.11. The summed E-state index contributed by atoms with van der Waals surface area (Å²) in [5.41, 5.74) is 2.81. The molecule has 1 saturated carbocycles. The SMILES string of the molecule is CC(C)(C)OCC(CC1CCCC1)NN. The van der Waals surface area contributed by atoms with Crippen molar-refractivity contribution in [3.8, 4) is 0 Å². The van der Waals surface area contributed by atoms with Crippen molar-refractivity contribution < 1.29 is 4.74 Å². The molecule has 0 aromatic heterocycles. The lowest BCUT2D eigenvalue weighted by molar-refractivity contribution is -0.0172. The van der Waals surface area contributed by atoms with Crippen LogP contribution in [0.4, 0.5) is 0 Å². The number of ether oxygens (including phenoxy) is 1. The van der Waals surface area contributed by atoms with E-state index in [-0.39, 0.29) is 5.60 Å². The third kappa shape index (κ3) is 5.50. The maximum absolute atomic E-state index is 5.75. The first kappa shape index (κ1) is 12.9. The highest BCUT2D eigenvalue weighted by atomic mass is 16.5. The molecule has 0 aliphatic heterocycles. The lowest BCUT2D eigenvalue weighted by Crippen LogP contribution is -2.41. The van der Waals surface area contributed by atoms with Crippen molar-refractivity contribution in [2.45, 2.75) is 64.5 Å². The molecule has 0 heterocycles. The van der Waals surface area contributed by atoms with Gasteiger partial charge < -0.3 is 4.74 Å². The van der Waals surface area contributed by atoms with E-state index < -0.39 is 0 Å². The first-order chi connectivity index (χ1) is 7.01. The third-order valence-electron chi connectivity index (χ3n) is 3.05. The molecule has 0 aromatic carbocycles. The normalized spacial score (nSPS) is 20.8. The van der Waals surface area contributed by atoms with Gasteiger partial charge in [0.2, 0.25) is 0 Å². The molecule has 1 aliphatic rings. The Hall–Kier alpha value is -0.120. The Morgan fingerprint density at radius 1 is 1.33 bits per heavy atom. The van der Waals surface area contributed by atoms with Crippen molar-refractivity contribution in [2.75, 3.05) is 6.61 Å². The van der Waals surface area contributed by atoms with Crippen molar-refractivity contribution in [2.24, 2.45) is 11.8 Å². The van der Waals surface area contributed by atoms with Crippen LogP contribution in [-0.4, -0.2) is 18.2 Å². The highest BCUT2D eigenvalue weighted by Crippen LogP contribution is 2.28. The molecule has 1 aliphatic carbocycles. The molecule has 90 valence electrons. The largest absolute Gasteiger partial charge is 0.374 e. The summed E-state index contributed by atoms with van der Waals surface area (Å²) in [7, 11) is 0. The van der Waals surface area contributed by atoms with Gasteiger partial charge in [0.25, 0.3) is 0 Å². The monoisotopic (exact) mass is 214 g/mol. The van der Waals surface area contributed by atoms with Crippen LogP contribution in [-0.2, 0) is 4.74 Å². The molecule has 0 radical (unpaired) electrons. The van der Waals surface area contributed by atoms with Gasteiger partial charge in [-0.05, 0) is 33.1 Å². The van der Waals surface area contributed by atoms with Crippen LogP contribution >= 0.6 is 0 Å². The van der Waals surface area contributed by atoms with Crippen LogP contribution in [0.5, 0.6) is 0 Å². The fraction of sp³-hybridized carbons (Fsp3) is 1.00. The van der Waals surface area contributed by atoms with Gasteiger partial charge in [-0.2, -0.15) is 0 Å². The predicted molar refractivity (Wildman–Crippen MR) is 63.4 cm³/mol. The lowest BCUT2D eigenvalue weighted by Gasteiger charge is -2.25. The molecular formula is C12H26N2O. The Morgan fingerprint density at radius 3 is 2.40 bits per heavy atom. The molecule has 1 rings (SSSR count). The molecule has 1 fully saturated rings. The molecule has 3 nitrogen and oxygen atoms in total. The van der Waals surface area contributed by atoms with E-state index in [1.807, 2.05) is 0 Å². The van der Waals surface area contributed by atoms with Crippen LogP contribution in [0.3, 0.4) is 0 Å². The smallest absolute Gasteiger partial charge is 0.0640 e. The quantitative estimate of drug-likeness (QED) is 0.545. The van der Waals surface area contributed by atoms with Crippen molar-refractivity contribution in [3.05, 3.63) is 0 Å². The fourth-order valence-corrected chi connectivity index (χ4v) is 2.18. The Balaban J connectivity index is 2.22. The summed E-state index contributed by atoms with van der Waals surface area (Å²) in [5.74, 6) is 6.41. The van der Waals surface area contributed by atoms with Crippen LogP contribution in [0.2, 0.25) is 0 Å². The molecule has 0 bridgehead atoms. The number of hydrogen-bond acceptors (Lipinski definition) is 3. The van der Waals surface area contributed by atoms with Crippen molar-refractivity contribution in [1.29, 1.82) is 0 Å². The number of nitrogens with one attached hydrogen (secondary N) is 1. The molecule has 15 heavy (non-hydrogen) atoms. The van der Waals surface area contributed by atoms with E-state index in [1.54, 1.807) is 0 Å². The molecular weight excluding hydrogens is 188 g/mol. The molecule has 0 aromatic rings. The van der Waals surface area contributed by atoms with Gasteiger partial charge in [0.05, 0.1) is 12.2 Å². The summed E-state index contributed by atoms with van der Waals surface area (Å²) in [4.78, 5) is 0. The first-order valence-electron chi connectivity index (χ1n) is 6.11. The Kier molecular flexibility index (Phi) is 5.03. The number of hydrogen-bond donors (Lipinski definition) is 2. The lowest BCUT2D eigenvalue weighted by atomic mass is 9.99. The van der Waals surface area contributed by atoms with Crippen LogP contribution in [0.1, 0.15) is 52.9 Å². The summed E-state index contributed by atoms with van der Waals surface area (Å²) in [6.45, 7) is 6.96. The van der Waals surface area contributed by atoms with Gasteiger partial charge in [0.1, 0.15) is 0 Å². The maximum Gasteiger partial charge on any atom is 0.0640 e. The molecule has 0 saturated heterocycles. The number of hydrazine groups is 1. The summed E-state index contributed by atoms with van der Waals surface area (Å²) in [5, 5.41) is 0. The summed E-state index contributed by atoms with van der Waals surface area (Å²) >= 11 is 0. The third-order valence-corrected chi connectivity index (χ3v) is 3.05. The van der Waals surface area contributed by atoms with E-state index >= 15 is 0 Å². The van der Waals surface area contributed by atoms with E-state index in [0.717, 1.165) is 18.9 Å². The predicted octanol–water partition coefficient (Wildman–Crippen LogP) is 2.21.